The second-order valence-electron chi connectivity index (χ2n) is 5.68. The molecule has 2 aromatic rings. The van der Waals surface area contributed by atoms with Gasteiger partial charge in [0.05, 0.1) is 7.11 Å². The third kappa shape index (κ3) is 3.87. The SMILES string of the molecule is COc1ccc(Cl)cc1CSCCC(=O)N1CCc2ccccc21. The van der Waals surface area contributed by atoms with Crippen LogP contribution in [0.25, 0.3) is 0 Å². The summed E-state index contributed by atoms with van der Waals surface area (Å²) < 4.78 is 5.35. The Balaban J connectivity index is 1.51. The Morgan fingerprint density at radius 3 is 2.96 bits per heavy atom. The fourth-order valence-corrected chi connectivity index (χ4v) is 4.04. The number of ether oxygens (including phenoxy) is 1. The maximum absolute atomic E-state index is 12.5. The number of nitrogens with zero attached hydrogens (tertiary/aromatic N) is 1. The summed E-state index contributed by atoms with van der Waals surface area (Å²) in [7, 11) is 1.66. The van der Waals surface area contributed by atoms with Crippen LogP contribution in [0, 0.1) is 0 Å². The van der Waals surface area contributed by atoms with Gasteiger partial charge < -0.3 is 9.64 Å². The molecule has 1 amide bonds. The molecule has 0 saturated carbocycles. The number of benzene rings is 2. The number of rotatable bonds is 6. The summed E-state index contributed by atoms with van der Waals surface area (Å²) in [5.74, 6) is 2.61. The molecule has 3 nitrogen and oxygen atoms in total. The molecule has 1 heterocycles. The van der Waals surface area contributed by atoms with Crippen LogP contribution >= 0.6 is 23.4 Å². The Bertz CT molecular complexity index is 735. The molecule has 2 aromatic carbocycles. The van der Waals surface area contributed by atoms with Gasteiger partial charge in [0, 0.05) is 40.7 Å². The summed E-state index contributed by atoms with van der Waals surface area (Å²) in [6.07, 6.45) is 1.50. The minimum Gasteiger partial charge on any atom is -0.496 e. The molecular weight excluding hydrogens is 342 g/mol. The second kappa shape index (κ2) is 7.95. The summed E-state index contributed by atoms with van der Waals surface area (Å²) in [6.45, 7) is 0.797. The molecule has 0 spiro atoms. The molecule has 3 rings (SSSR count). The van der Waals surface area contributed by atoms with Gasteiger partial charge >= 0.3 is 0 Å². The van der Waals surface area contributed by atoms with E-state index in [-0.39, 0.29) is 5.91 Å². The Morgan fingerprint density at radius 2 is 2.12 bits per heavy atom. The maximum atomic E-state index is 12.5. The molecule has 0 unspecified atom stereocenters. The minimum atomic E-state index is 0.200. The van der Waals surface area contributed by atoms with E-state index in [1.165, 1.54) is 5.56 Å². The van der Waals surface area contributed by atoms with Crippen LogP contribution in [0.4, 0.5) is 5.69 Å². The number of amides is 1. The van der Waals surface area contributed by atoms with Gasteiger partial charge in [-0.3, -0.25) is 4.79 Å². The Morgan fingerprint density at radius 1 is 1.29 bits per heavy atom. The number of carbonyl (C=O) groups is 1. The van der Waals surface area contributed by atoms with Gasteiger partial charge in [-0.1, -0.05) is 29.8 Å². The van der Waals surface area contributed by atoms with Crippen LogP contribution in [0.2, 0.25) is 5.02 Å². The van der Waals surface area contributed by atoms with Gasteiger partial charge in [-0.2, -0.15) is 11.8 Å². The lowest BCUT2D eigenvalue weighted by molar-refractivity contribution is -0.118. The highest BCUT2D eigenvalue weighted by Crippen LogP contribution is 2.29. The Hall–Kier alpha value is -1.65. The largest absolute Gasteiger partial charge is 0.496 e. The predicted molar refractivity (Wildman–Crippen MR) is 101 cm³/mol. The molecule has 126 valence electrons. The average molecular weight is 362 g/mol. The number of para-hydroxylation sites is 1. The molecule has 0 aromatic heterocycles. The van der Waals surface area contributed by atoms with Crippen molar-refractivity contribution in [1.29, 1.82) is 0 Å². The first-order valence-electron chi connectivity index (χ1n) is 7.97. The molecule has 0 aliphatic carbocycles. The van der Waals surface area contributed by atoms with Crippen molar-refractivity contribution in [3.8, 4) is 5.75 Å². The van der Waals surface area contributed by atoms with E-state index in [0.29, 0.717) is 11.4 Å². The van der Waals surface area contributed by atoms with Crippen molar-refractivity contribution in [1.82, 2.24) is 0 Å². The van der Waals surface area contributed by atoms with Crippen LogP contribution in [-0.2, 0) is 17.0 Å². The molecule has 1 aliphatic heterocycles. The van der Waals surface area contributed by atoms with Gasteiger partial charge in [0.15, 0.2) is 0 Å². The normalized spacial score (nSPS) is 13.0. The van der Waals surface area contributed by atoms with Gasteiger partial charge in [-0.15, -0.1) is 0 Å². The molecule has 0 radical (unpaired) electrons. The summed E-state index contributed by atoms with van der Waals surface area (Å²) in [5, 5.41) is 0.705. The number of carbonyl (C=O) groups excluding carboxylic acids is 1. The van der Waals surface area contributed by atoms with Crippen LogP contribution in [0.5, 0.6) is 5.75 Å². The Labute approximate surface area is 151 Å². The molecule has 24 heavy (non-hydrogen) atoms. The predicted octanol–water partition coefficient (Wildman–Crippen LogP) is 4.56. The third-order valence-electron chi connectivity index (χ3n) is 4.15. The number of hydrogen-bond donors (Lipinski definition) is 0. The van der Waals surface area contributed by atoms with E-state index in [4.69, 9.17) is 16.3 Å². The topological polar surface area (TPSA) is 29.5 Å². The van der Waals surface area contributed by atoms with Gasteiger partial charge in [0.1, 0.15) is 5.75 Å². The highest BCUT2D eigenvalue weighted by Gasteiger charge is 2.23. The summed E-state index contributed by atoms with van der Waals surface area (Å²) >= 11 is 7.77. The van der Waals surface area contributed by atoms with Crippen molar-refractivity contribution in [2.75, 3.05) is 24.3 Å². The van der Waals surface area contributed by atoms with Crippen LogP contribution in [-0.4, -0.2) is 25.3 Å². The zero-order chi connectivity index (χ0) is 16.9. The van der Waals surface area contributed by atoms with Gasteiger partial charge in [-0.05, 0) is 36.2 Å². The van der Waals surface area contributed by atoms with Crippen LogP contribution in [0.15, 0.2) is 42.5 Å². The summed E-state index contributed by atoms with van der Waals surface area (Å²) in [5.41, 5.74) is 3.40. The standard InChI is InChI=1S/C19H20ClNO2S/c1-23-18-7-6-16(20)12-15(18)13-24-11-9-19(22)21-10-8-14-4-2-3-5-17(14)21/h2-7,12H,8-11,13H2,1H3. The molecule has 0 N–H and O–H groups in total. The van der Waals surface area contributed by atoms with Crippen molar-refractivity contribution >= 4 is 35.0 Å². The fraction of sp³-hybridized carbons (Fsp3) is 0.316. The van der Waals surface area contributed by atoms with Crippen LogP contribution in [0.3, 0.4) is 0 Å². The lowest BCUT2D eigenvalue weighted by Gasteiger charge is -2.17. The number of anilines is 1. The van der Waals surface area contributed by atoms with Crippen molar-refractivity contribution in [3.05, 3.63) is 58.6 Å². The third-order valence-corrected chi connectivity index (χ3v) is 5.39. The molecule has 1 aliphatic rings. The van der Waals surface area contributed by atoms with Crippen molar-refractivity contribution in [3.63, 3.8) is 0 Å². The quantitative estimate of drug-likeness (QED) is 0.706. The number of hydrogen-bond acceptors (Lipinski definition) is 3. The van der Waals surface area contributed by atoms with Gasteiger partial charge in [0.25, 0.3) is 0 Å². The highest BCUT2D eigenvalue weighted by atomic mass is 35.5. The number of fused-ring (bicyclic) bond motifs is 1. The van der Waals surface area contributed by atoms with E-state index in [1.54, 1.807) is 18.9 Å². The Kier molecular flexibility index (Phi) is 5.69. The molecule has 0 atom stereocenters. The van der Waals surface area contributed by atoms with E-state index in [1.807, 2.05) is 41.3 Å². The first kappa shape index (κ1) is 17.2. The monoisotopic (exact) mass is 361 g/mol. The average Bonchev–Trinajstić information content (AvgIpc) is 3.03. The van der Waals surface area contributed by atoms with Crippen LogP contribution < -0.4 is 9.64 Å². The minimum absolute atomic E-state index is 0.200. The van der Waals surface area contributed by atoms with E-state index in [0.717, 1.165) is 41.5 Å². The first-order valence-corrected chi connectivity index (χ1v) is 9.50. The first-order chi connectivity index (χ1) is 11.7. The van der Waals surface area contributed by atoms with Crippen LogP contribution in [0.1, 0.15) is 17.5 Å². The van der Waals surface area contributed by atoms with Crippen molar-refractivity contribution in [2.24, 2.45) is 0 Å². The van der Waals surface area contributed by atoms with E-state index < -0.39 is 0 Å². The van der Waals surface area contributed by atoms with Crippen molar-refractivity contribution in [2.45, 2.75) is 18.6 Å². The second-order valence-corrected chi connectivity index (χ2v) is 7.22. The van der Waals surface area contributed by atoms with E-state index >= 15 is 0 Å². The molecule has 0 fully saturated rings. The zero-order valence-corrected chi connectivity index (χ0v) is 15.2. The molecule has 0 saturated heterocycles. The molecule has 5 heteroatoms. The summed E-state index contributed by atoms with van der Waals surface area (Å²) in [6, 6.07) is 13.8. The number of halogens is 1. The van der Waals surface area contributed by atoms with E-state index in [9.17, 15) is 4.79 Å². The van der Waals surface area contributed by atoms with Crippen molar-refractivity contribution < 1.29 is 9.53 Å². The van der Waals surface area contributed by atoms with E-state index in [2.05, 4.69) is 6.07 Å². The number of methoxy groups -OCH3 is 1. The lowest BCUT2D eigenvalue weighted by Crippen LogP contribution is -2.29. The number of thioether (sulfide) groups is 1. The zero-order valence-electron chi connectivity index (χ0n) is 13.6. The molecular formula is C19H20ClNO2S. The van der Waals surface area contributed by atoms with Gasteiger partial charge in [0.2, 0.25) is 5.91 Å². The smallest absolute Gasteiger partial charge is 0.227 e. The lowest BCUT2D eigenvalue weighted by atomic mass is 10.2. The highest BCUT2D eigenvalue weighted by molar-refractivity contribution is 7.98. The van der Waals surface area contributed by atoms with Gasteiger partial charge in [-0.25, -0.2) is 0 Å². The molecule has 0 bridgehead atoms. The maximum Gasteiger partial charge on any atom is 0.227 e. The summed E-state index contributed by atoms with van der Waals surface area (Å²) in [4.78, 5) is 14.4. The fourth-order valence-electron chi connectivity index (χ4n) is 2.93.